The molecule has 7 nitrogen and oxygen atoms in total. The van der Waals surface area contributed by atoms with E-state index in [0.29, 0.717) is 38.3 Å². The lowest BCUT2D eigenvalue weighted by molar-refractivity contribution is -0.136. The van der Waals surface area contributed by atoms with Crippen molar-refractivity contribution in [1.82, 2.24) is 9.80 Å². The number of carbonyl (C=O) groups excluding carboxylic acids is 2. The highest BCUT2D eigenvalue weighted by molar-refractivity contribution is 5.84. The number of ether oxygens (including phenoxy) is 2. The summed E-state index contributed by atoms with van der Waals surface area (Å²) in [4.78, 5) is 32.5. The summed E-state index contributed by atoms with van der Waals surface area (Å²) in [5.74, 6) is 1.19. The molecule has 0 aromatic heterocycles. The first-order chi connectivity index (χ1) is 16.5. The van der Waals surface area contributed by atoms with Gasteiger partial charge in [-0.25, -0.2) is 0 Å². The summed E-state index contributed by atoms with van der Waals surface area (Å²) in [6.07, 6.45) is 0.429. The van der Waals surface area contributed by atoms with Crippen LogP contribution in [0, 0.1) is 12.8 Å². The van der Waals surface area contributed by atoms with E-state index in [1.807, 2.05) is 34.9 Å². The monoisotopic (exact) mass is 465 g/mol. The first-order valence-electron chi connectivity index (χ1n) is 12.1. The summed E-state index contributed by atoms with van der Waals surface area (Å²) >= 11 is 0. The predicted molar refractivity (Wildman–Crippen MR) is 133 cm³/mol. The van der Waals surface area contributed by atoms with Crippen molar-refractivity contribution in [2.24, 2.45) is 5.92 Å². The zero-order chi connectivity index (χ0) is 24.2. The fourth-order valence-electron chi connectivity index (χ4n) is 5.25. The number of methoxy groups -OCH3 is 2. The van der Waals surface area contributed by atoms with Crippen LogP contribution in [0.1, 0.15) is 30.4 Å². The van der Waals surface area contributed by atoms with E-state index in [1.165, 1.54) is 11.3 Å². The van der Waals surface area contributed by atoms with E-state index < -0.39 is 0 Å². The second kappa shape index (κ2) is 10.4. The molecule has 2 atom stereocenters. The summed E-state index contributed by atoms with van der Waals surface area (Å²) < 4.78 is 11.1. The highest BCUT2D eigenvalue weighted by Gasteiger charge is 2.43. The summed E-state index contributed by atoms with van der Waals surface area (Å²) in [7, 11) is 3.26. The summed E-state index contributed by atoms with van der Waals surface area (Å²) in [5, 5.41) is 0. The lowest BCUT2D eigenvalue weighted by Gasteiger charge is -2.38. The third kappa shape index (κ3) is 4.69. The number of amides is 2. The predicted octanol–water partition coefficient (Wildman–Crippen LogP) is 3.31. The number of piperazine rings is 1. The number of likely N-dealkylation sites (tertiary alicyclic amines) is 1. The number of nitrogens with zero attached hydrogens (tertiary/aromatic N) is 3. The quantitative estimate of drug-likeness (QED) is 0.655. The van der Waals surface area contributed by atoms with Gasteiger partial charge in [-0.05, 0) is 36.8 Å². The number of aryl methyl sites for hydroxylation is 1. The SMILES string of the molecule is CCC(=O)N1C[C@H](c2cc(OC)ccc2OC)[C@H](C(=O)N2CCN(c3ccccc3C)CC2)C1. The zero-order valence-corrected chi connectivity index (χ0v) is 20.6. The Morgan fingerprint density at radius 3 is 2.32 bits per heavy atom. The van der Waals surface area contributed by atoms with Crippen LogP contribution in [-0.2, 0) is 9.59 Å². The Hall–Kier alpha value is -3.22. The number of benzene rings is 2. The van der Waals surface area contributed by atoms with Gasteiger partial charge in [0.05, 0.1) is 20.1 Å². The molecular formula is C27H35N3O4. The van der Waals surface area contributed by atoms with Crippen LogP contribution in [0.3, 0.4) is 0 Å². The molecule has 4 rings (SSSR count). The Kier molecular flexibility index (Phi) is 7.29. The Balaban J connectivity index is 1.55. The van der Waals surface area contributed by atoms with Gasteiger partial charge in [0, 0.05) is 62.9 Å². The Labute approximate surface area is 202 Å². The van der Waals surface area contributed by atoms with Crippen molar-refractivity contribution in [1.29, 1.82) is 0 Å². The van der Waals surface area contributed by atoms with Gasteiger partial charge >= 0.3 is 0 Å². The fraction of sp³-hybridized carbons (Fsp3) is 0.481. The largest absolute Gasteiger partial charge is 0.497 e. The smallest absolute Gasteiger partial charge is 0.228 e. The lowest BCUT2D eigenvalue weighted by atomic mass is 9.87. The van der Waals surface area contributed by atoms with E-state index in [0.717, 1.165) is 24.4 Å². The van der Waals surface area contributed by atoms with E-state index in [9.17, 15) is 9.59 Å². The average molecular weight is 466 g/mol. The fourth-order valence-corrected chi connectivity index (χ4v) is 5.25. The number of para-hydroxylation sites is 1. The first-order valence-corrected chi connectivity index (χ1v) is 12.1. The van der Waals surface area contributed by atoms with E-state index in [1.54, 1.807) is 14.2 Å². The molecule has 2 heterocycles. The van der Waals surface area contributed by atoms with Crippen LogP contribution in [0.25, 0.3) is 0 Å². The molecule has 7 heteroatoms. The van der Waals surface area contributed by atoms with Gasteiger partial charge in [0.1, 0.15) is 11.5 Å². The van der Waals surface area contributed by atoms with Crippen LogP contribution >= 0.6 is 0 Å². The topological polar surface area (TPSA) is 62.3 Å². The van der Waals surface area contributed by atoms with Crippen molar-refractivity contribution < 1.29 is 19.1 Å². The minimum Gasteiger partial charge on any atom is -0.497 e. The average Bonchev–Trinajstić information content (AvgIpc) is 3.33. The van der Waals surface area contributed by atoms with Crippen LogP contribution in [0.15, 0.2) is 42.5 Å². The van der Waals surface area contributed by atoms with E-state index in [-0.39, 0.29) is 23.7 Å². The van der Waals surface area contributed by atoms with Gasteiger partial charge in [-0.1, -0.05) is 25.1 Å². The van der Waals surface area contributed by atoms with Crippen LogP contribution < -0.4 is 14.4 Å². The van der Waals surface area contributed by atoms with Gasteiger partial charge in [-0.2, -0.15) is 0 Å². The van der Waals surface area contributed by atoms with Gasteiger partial charge in [0.25, 0.3) is 0 Å². The summed E-state index contributed by atoms with van der Waals surface area (Å²) in [5.41, 5.74) is 3.40. The minimum absolute atomic E-state index is 0.0755. The molecule has 0 radical (unpaired) electrons. The highest BCUT2D eigenvalue weighted by Crippen LogP contribution is 2.40. The number of rotatable bonds is 6. The third-order valence-electron chi connectivity index (χ3n) is 7.18. The van der Waals surface area contributed by atoms with Crippen LogP contribution in [0.5, 0.6) is 11.5 Å². The van der Waals surface area contributed by atoms with Gasteiger partial charge in [-0.15, -0.1) is 0 Å². The van der Waals surface area contributed by atoms with E-state index in [4.69, 9.17) is 9.47 Å². The van der Waals surface area contributed by atoms with Gasteiger partial charge < -0.3 is 24.2 Å². The summed E-state index contributed by atoms with van der Waals surface area (Å²) in [6, 6.07) is 14.0. The molecule has 2 aliphatic rings. The van der Waals surface area contributed by atoms with Crippen LogP contribution in [-0.4, -0.2) is 75.1 Å². The molecule has 0 bridgehead atoms. The molecular weight excluding hydrogens is 430 g/mol. The molecule has 2 fully saturated rings. The molecule has 0 aliphatic carbocycles. The van der Waals surface area contributed by atoms with Crippen molar-refractivity contribution >= 4 is 17.5 Å². The molecule has 34 heavy (non-hydrogen) atoms. The molecule has 0 spiro atoms. The molecule has 0 N–H and O–H groups in total. The van der Waals surface area contributed by atoms with Crippen molar-refractivity contribution in [3.8, 4) is 11.5 Å². The maximum absolute atomic E-state index is 13.8. The van der Waals surface area contributed by atoms with Crippen molar-refractivity contribution in [3.63, 3.8) is 0 Å². The minimum atomic E-state index is -0.304. The number of hydrogen-bond donors (Lipinski definition) is 0. The lowest BCUT2D eigenvalue weighted by Crippen LogP contribution is -2.51. The van der Waals surface area contributed by atoms with Crippen LogP contribution in [0.4, 0.5) is 5.69 Å². The highest BCUT2D eigenvalue weighted by atomic mass is 16.5. The molecule has 0 unspecified atom stereocenters. The second-order valence-corrected chi connectivity index (χ2v) is 9.07. The van der Waals surface area contributed by atoms with Gasteiger partial charge in [0.2, 0.25) is 11.8 Å². The Bertz CT molecular complexity index is 1030. The van der Waals surface area contributed by atoms with Crippen molar-refractivity contribution in [2.75, 3.05) is 58.4 Å². The molecule has 2 aromatic rings. The first kappa shape index (κ1) is 23.9. The molecule has 2 aromatic carbocycles. The number of anilines is 1. The van der Waals surface area contributed by atoms with Gasteiger partial charge in [-0.3, -0.25) is 9.59 Å². The Morgan fingerprint density at radius 2 is 1.68 bits per heavy atom. The standard InChI is InChI=1S/C27H35N3O4/c1-5-26(31)30-17-22(21-16-20(33-3)10-11-25(21)34-4)23(18-30)27(32)29-14-12-28(13-15-29)24-9-7-6-8-19(24)2/h6-11,16,22-23H,5,12-15,17-18H2,1-4H3/t22-,23-/m1/s1. The van der Waals surface area contributed by atoms with Crippen molar-refractivity contribution in [3.05, 3.63) is 53.6 Å². The number of hydrogen-bond acceptors (Lipinski definition) is 5. The maximum Gasteiger partial charge on any atom is 0.228 e. The normalized spacial score (nSPS) is 20.4. The third-order valence-corrected chi connectivity index (χ3v) is 7.18. The zero-order valence-electron chi connectivity index (χ0n) is 20.6. The molecule has 2 aliphatic heterocycles. The Morgan fingerprint density at radius 1 is 0.941 bits per heavy atom. The second-order valence-electron chi connectivity index (χ2n) is 9.07. The van der Waals surface area contributed by atoms with E-state index >= 15 is 0 Å². The number of carbonyl (C=O) groups is 2. The van der Waals surface area contributed by atoms with E-state index in [2.05, 4.69) is 36.1 Å². The van der Waals surface area contributed by atoms with Crippen LogP contribution in [0.2, 0.25) is 0 Å². The van der Waals surface area contributed by atoms with Gasteiger partial charge in [0.15, 0.2) is 0 Å². The maximum atomic E-state index is 13.8. The molecule has 2 amide bonds. The summed E-state index contributed by atoms with van der Waals surface area (Å²) in [6.45, 7) is 7.88. The molecule has 2 saturated heterocycles. The van der Waals surface area contributed by atoms with Crippen molar-refractivity contribution in [2.45, 2.75) is 26.2 Å². The molecule has 0 saturated carbocycles. The molecule has 182 valence electrons.